The minimum absolute atomic E-state index is 0. The summed E-state index contributed by atoms with van der Waals surface area (Å²) >= 11 is 2.31. The van der Waals surface area contributed by atoms with Crippen LogP contribution in [0.15, 0.2) is 0 Å². The summed E-state index contributed by atoms with van der Waals surface area (Å²) in [6.45, 7) is 0. The predicted octanol–water partition coefficient (Wildman–Crippen LogP) is -0.510. The summed E-state index contributed by atoms with van der Waals surface area (Å²) in [5.41, 5.74) is 0. The maximum absolute atomic E-state index is 7.94. The van der Waals surface area contributed by atoms with Gasteiger partial charge in [0, 0.05) is 68.6 Å². The Morgan fingerprint density at radius 2 is 1.00 bits per heavy atom. The van der Waals surface area contributed by atoms with Crippen LogP contribution in [-0.2, 0) is 69.3 Å². The number of hydrogen-bond donors (Lipinski definition) is 0. The molecule has 6 heavy (non-hydrogen) atoms. The molecule has 0 aliphatic rings. The SMILES string of the molecule is [Co].[Li].[Ni].[Ni].[O]=[Co]. The van der Waals surface area contributed by atoms with Gasteiger partial charge in [0.25, 0.3) is 0 Å². The van der Waals surface area contributed by atoms with E-state index in [2.05, 4.69) is 15.7 Å². The molecule has 0 rings (SSSR count). The van der Waals surface area contributed by atoms with Crippen molar-refractivity contribution in [3.05, 3.63) is 0 Å². The van der Waals surface area contributed by atoms with Crippen molar-refractivity contribution in [2.24, 2.45) is 0 Å². The first-order chi connectivity index (χ1) is 1.00. The van der Waals surface area contributed by atoms with Gasteiger partial charge in [-0.05, 0) is 0 Å². The van der Waals surface area contributed by atoms with E-state index in [4.69, 9.17) is 3.87 Å². The molecule has 6 heteroatoms. The Hall–Kier alpha value is 2.40. The molecule has 0 aromatic heterocycles. The molecule has 0 saturated heterocycles. The summed E-state index contributed by atoms with van der Waals surface area (Å²) in [4.78, 5) is 0. The fourth-order valence-corrected chi connectivity index (χ4v) is 0. The van der Waals surface area contributed by atoms with Crippen molar-refractivity contribution in [1.29, 1.82) is 0 Å². The van der Waals surface area contributed by atoms with E-state index in [1.54, 1.807) is 0 Å². The van der Waals surface area contributed by atoms with Gasteiger partial charge in [-0.25, -0.2) is 0 Å². The topological polar surface area (TPSA) is 17.1 Å². The third kappa shape index (κ3) is 32.4. The maximum atomic E-state index is 7.94. The van der Waals surface area contributed by atoms with Crippen LogP contribution in [-0.4, -0.2) is 18.9 Å². The van der Waals surface area contributed by atoms with E-state index in [0.717, 1.165) is 0 Å². The molecule has 0 aliphatic heterocycles. The Balaban J connectivity index is -0.000000000833. The normalized spacial score (nSPS) is 0.833. The van der Waals surface area contributed by atoms with Gasteiger partial charge in [-0.3, -0.25) is 0 Å². The van der Waals surface area contributed by atoms with Crippen LogP contribution in [0.2, 0.25) is 0 Å². The van der Waals surface area contributed by atoms with Crippen LogP contribution in [0.4, 0.5) is 0 Å². The van der Waals surface area contributed by atoms with E-state index in [0.29, 0.717) is 0 Å². The second kappa shape index (κ2) is 52.7. The Bertz CT molecular complexity index is 11.5. The zero-order valence-corrected chi connectivity index (χ0v) is 6.76. The van der Waals surface area contributed by atoms with Gasteiger partial charge < -0.3 is 0 Å². The van der Waals surface area contributed by atoms with E-state index in [-0.39, 0.29) is 68.6 Å². The standard InChI is InChI=1S/2Co.Li.2Ni.O. The molecule has 0 fully saturated rings. The average Bonchev–Trinajstić information content (AvgIpc) is 1.00. The molecule has 2 radical (unpaired) electrons. The molecule has 0 aliphatic carbocycles. The van der Waals surface area contributed by atoms with E-state index in [9.17, 15) is 0 Å². The fourth-order valence-electron chi connectivity index (χ4n) is 0. The average molecular weight is 258 g/mol. The Morgan fingerprint density at radius 3 is 1.00 bits per heavy atom. The second-order valence-corrected chi connectivity index (χ2v) is 0. The van der Waals surface area contributed by atoms with E-state index in [1.165, 1.54) is 0 Å². The number of rotatable bonds is 0. The third-order valence-corrected chi connectivity index (χ3v) is 0. The minimum atomic E-state index is 0. The van der Waals surface area contributed by atoms with Gasteiger partial charge in [-0.2, -0.15) is 0 Å². The van der Waals surface area contributed by atoms with Crippen LogP contribution in [0.5, 0.6) is 0 Å². The van der Waals surface area contributed by atoms with Gasteiger partial charge >= 0.3 is 19.5 Å². The van der Waals surface area contributed by atoms with Crippen molar-refractivity contribution in [3.8, 4) is 0 Å². The van der Waals surface area contributed by atoms with Crippen LogP contribution in [0.3, 0.4) is 0 Å². The molecular formula is Co2LiNi2O. The first-order valence-electron chi connectivity index (χ1n) is 0.136. The van der Waals surface area contributed by atoms with Gasteiger partial charge in [0.1, 0.15) is 0 Å². The zero-order valence-electron chi connectivity index (χ0n) is 2.71. The molecule has 1 nitrogen and oxygen atoms in total. The van der Waals surface area contributed by atoms with Crippen molar-refractivity contribution in [2.45, 2.75) is 0 Å². The van der Waals surface area contributed by atoms with E-state index < -0.39 is 0 Å². The first kappa shape index (κ1) is 39.8. The molecule has 0 heterocycles. The molecule has 0 unspecified atom stereocenters. The summed E-state index contributed by atoms with van der Waals surface area (Å²) in [6, 6.07) is 0. The van der Waals surface area contributed by atoms with E-state index in [1.807, 2.05) is 0 Å². The van der Waals surface area contributed by atoms with Crippen LogP contribution < -0.4 is 0 Å². The summed E-state index contributed by atoms with van der Waals surface area (Å²) in [5, 5.41) is 0. The van der Waals surface area contributed by atoms with Crippen molar-refractivity contribution >= 4 is 18.9 Å². The molecule has 0 spiro atoms. The first-order valence-corrected chi connectivity index (χ1v) is 0.561. The van der Waals surface area contributed by atoms with Crippen LogP contribution in [0, 0.1) is 0 Å². The molecule has 0 N–H and O–H groups in total. The number of hydrogen-bond acceptors (Lipinski definition) is 1. The monoisotopic (exact) mass is 257 g/mol. The molecule has 0 aromatic rings. The van der Waals surface area contributed by atoms with Gasteiger partial charge in [-0.1, -0.05) is 0 Å². The molecular weight excluding hydrogens is 258 g/mol. The Morgan fingerprint density at radius 1 is 1.00 bits per heavy atom. The van der Waals surface area contributed by atoms with Crippen LogP contribution in [0.25, 0.3) is 0 Å². The summed E-state index contributed by atoms with van der Waals surface area (Å²) in [5.74, 6) is 0. The van der Waals surface area contributed by atoms with Gasteiger partial charge in [-0.15, -0.1) is 0 Å². The van der Waals surface area contributed by atoms with Gasteiger partial charge in [0.05, 0.1) is 0 Å². The van der Waals surface area contributed by atoms with E-state index >= 15 is 0 Å². The third-order valence-electron chi connectivity index (χ3n) is 0. The van der Waals surface area contributed by atoms with Gasteiger partial charge in [0.2, 0.25) is 0 Å². The Labute approximate surface area is 87.2 Å². The summed E-state index contributed by atoms with van der Waals surface area (Å²) in [6.07, 6.45) is 0. The second-order valence-electron chi connectivity index (χ2n) is 0. The summed E-state index contributed by atoms with van der Waals surface area (Å²) in [7, 11) is 0. The van der Waals surface area contributed by atoms with Crippen LogP contribution >= 0.6 is 0 Å². The molecule has 0 aromatic carbocycles. The zero-order chi connectivity index (χ0) is 2.00. The fraction of sp³-hybridized carbons (Fsp3) is 0. The van der Waals surface area contributed by atoms with Crippen molar-refractivity contribution in [2.75, 3.05) is 0 Å². The summed E-state index contributed by atoms with van der Waals surface area (Å²) < 4.78 is 7.94. The molecule has 45 valence electrons. The van der Waals surface area contributed by atoms with Crippen molar-refractivity contribution < 1.29 is 69.3 Å². The quantitative estimate of drug-likeness (QED) is 0.535. The molecule has 0 saturated carbocycles. The van der Waals surface area contributed by atoms with Crippen LogP contribution in [0.1, 0.15) is 0 Å². The molecule has 0 atom stereocenters. The Kier molecular flexibility index (Phi) is 350. The van der Waals surface area contributed by atoms with Gasteiger partial charge in [0.15, 0.2) is 0 Å². The molecule has 0 amide bonds. The van der Waals surface area contributed by atoms with Crippen molar-refractivity contribution in [1.82, 2.24) is 0 Å². The predicted molar refractivity (Wildman–Crippen MR) is 6.44 cm³/mol. The van der Waals surface area contributed by atoms with Crippen molar-refractivity contribution in [3.63, 3.8) is 0 Å². The molecule has 0 bridgehead atoms.